The number of hydrogen-bond acceptors (Lipinski definition) is 4. The summed E-state index contributed by atoms with van der Waals surface area (Å²) in [5.74, 6) is 0. The SMILES string of the molecule is CC(N)Cc1cn(Cc2ccc([N+](=O)[O-])cc2Br)cn1. The molecule has 0 aliphatic heterocycles. The summed E-state index contributed by atoms with van der Waals surface area (Å²) in [7, 11) is 0. The fourth-order valence-corrected chi connectivity index (χ4v) is 2.39. The minimum atomic E-state index is -0.410. The van der Waals surface area contributed by atoms with Crippen LogP contribution in [0.15, 0.2) is 35.2 Å². The summed E-state index contributed by atoms with van der Waals surface area (Å²) in [6.07, 6.45) is 4.41. The van der Waals surface area contributed by atoms with Crippen molar-refractivity contribution in [1.82, 2.24) is 9.55 Å². The van der Waals surface area contributed by atoms with Crippen LogP contribution in [0.1, 0.15) is 18.2 Å². The molecule has 0 spiro atoms. The maximum Gasteiger partial charge on any atom is 0.270 e. The van der Waals surface area contributed by atoms with Crippen molar-refractivity contribution in [2.75, 3.05) is 0 Å². The summed E-state index contributed by atoms with van der Waals surface area (Å²) in [6, 6.07) is 4.83. The largest absolute Gasteiger partial charge is 0.333 e. The number of nitro groups is 1. The third-order valence-electron chi connectivity index (χ3n) is 2.82. The van der Waals surface area contributed by atoms with Crippen molar-refractivity contribution in [3.8, 4) is 0 Å². The molecular formula is C13H15BrN4O2. The minimum Gasteiger partial charge on any atom is -0.333 e. The van der Waals surface area contributed by atoms with E-state index in [1.807, 2.05) is 17.7 Å². The molecule has 2 N–H and O–H groups in total. The Kier molecular flexibility index (Phi) is 4.51. The summed E-state index contributed by atoms with van der Waals surface area (Å²) in [6.45, 7) is 2.54. The van der Waals surface area contributed by atoms with Crippen molar-refractivity contribution < 1.29 is 4.92 Å². The first-order valence-electron chi connectivity index (χ1n) is 6.14. The van der Waals surface area contributed by atoms with Crippen LogP contribution in [-0.4, -0.2) is 20.5 Å². The Labute approximate surface area is 124 Å². The van der Waals surface area contributed by atoms with Crippen LogP contribution in [0.3, 0.4) is 0 Å². The van der Waals surface area contributed by atoms with E-state index in [-0.39, 0.29) is 11.7 Å². The van der Waals surface area contributed by atoms with Gasteiger partial charge in [0, 0.05) is 41.8 Å². The first kappa shape index (κ1) is 14.7. The molecule has 7 heteroatoms. The molecule has 0 saturated carbocycles. The molecule has 0 saturated heterocycles. The fraction of sp³-hybridized carbons (Fsp3) is 0.308. The molecule has 0 bridgehead atoms. The lowest BCUT2D eigenvalue weighted by molar-refractivity contribution is -0.384. The maximum absolute atomic E-state index is 10.7. The first-order chi connectivity index (χ1) is 9.45. The normalized spacial score (nSPS) is 12.3. The first-order valence-corrected chi connectivity index (χ1v) is 6.94. The highest BCUT2D eigenvalue weighted by Gasteiger charge is 2.10. The van der Waals surface area contributed by atoms with E-state index in [0.717, 1.165) is 17.7 Å². The quantitative estimate of drug-likeness (QED) is 0.670. The number of nitrogens with zero attached hydrogens (tertiary/aromatic N) is 3. The molecule has 1 unspecified atom stereocenters. The van der Waals surface area contributed by atoms with Gasteiger partial charge in [-0.25, -0.2) is 4.98 Å². The van der Waals surface area contributed by atoms with Gasteiger partial charge in [-0.1, -0.05) is 15.9 Å². The number of aromatic nitrogens is 2. The highest BCUT2D eigenvalue weighted by molar-refractivity contribution is 9.10. The molecule has 0 radical (unpaired) electrons. The van der Waals surface area contributed by atoms with Gasteiger partial charge in [0.05, 0.1) is 16.9 Å². The second kappa shape index (κ2) is 6.15. The number of benzene rings is 1. The number of rotatable bonds is 5. The van der Waals surface area contributed by atoms with Gasteiger partial charge in [-0.3, -0.25) is 10.1 Å². The zero-order chi connectivity index (χ0) is 14.7. The monoisotopic (exact) mass is 338 g/mol. The summed E-state index contributed by atoms with van der Waals surface area (Å²) >= 11 is 3.36. The van der Waals surface area contributed by atoms with Crippen LogP contribution in [0.5, 0.6) is 0 Å². The lowest BCUT2D eigenvalue weighted by Gasteiger charge is -2.05. The minimum absolute atomic E-state index is 0.0731. The molecule has 1 heterocycles. The average Bonchev–Trinajstić information content (AvgIpc) is 2.78. The highest BCUT2D eigenvalue weighted by atomic mass is 79.9. The number of non-ortho nitro benzene ring substituents is 1. The van der Waals surface area contributed by atoms with Gasteiger partial charge in [0.25, 0.3) is 5.69 Å². The van der Waals surface area contributed by atoms with Crippen molar-refractivity contribution in [2.45, 2.75) is 25.9 Å². The molecular weight excluding hydrogens is 324 g/mol. The van der Waals surface area contributed by atoms with E-state index in [1.165, 1.54) is 12.1 Å². The van der Waals surface area contributed by atoms with E-state index in [2.05, 4.69) is 20.9 Å². The summed E-state index contributed by atoms with van der Waals surface area (Å²) in [4.78, 5) is 14.6. The molecule has 1 atom stereocenters. The van der Waals surface area contributed by atoms with Gasteiger partial charge in [-0.2, -0.15) is 0 Å². The summed E-state index contributed by atoms with van der Waals surface area (Å²) in [5.41, 5.74) is 7.71. The molecule has 6 nitrogen and oxygen atoms in total. The smallest absolute Gasteiger partial charge is 0.270 e. The van der Waals surface area contributed by atoms with Gasteiger partial charge in [0.2, 0.25) is 0 Å². The number of halogens is 1. The van der Waals surface area contributed by atoms with E-state index in [1.54, 1.807) is 12.4 Å². The van der Waals surface area contributed by atoms with Crippen LogP contribution in [0.25, 0.3) is 0 Å². The molecule has 1 aromatic carbocycles. The van der Waals surface area contributed by atoms with E-state index < -0.39 is 4.92 Å². The van der Waals surface area contributed by atoms with E-state index in [4.69, 9.17) is 5.73 Å². The van der Waals surface area contributed by atoms with Crippen molar-refractivity contribution in [3.63, 3.8) is 0 Å². The second-order valence-corrected chi connectivity index (χ2v) is 5.61. The topological polar surface area (TPSA) is 87.0 Å². The molecule has 20 heavy (non-hydrogen) atoms. The van der Waals surface area contributed by atoms with Gasteiger partial charge >= 0.3 is 0 Å². The second-order valence-electron chi connectivity index (χ2n) is 4.75. The van der Waals surface area contributed by atoms with Crippen LogP contribution in [-0.2, 0) is 13.0 Å². The van der Waals surface area contributed by atoms with Gasteiger partial charge in [0.1, 0.15) is 0 Å². The number of nitro benzene ring substituents is 1. The van der Waals surface area contributed by atoms with Crippen molar-refractivity contribution in [3.05, 3.63) is 56.6 Å². The van der Waals surface area contributed by atoms with Crippen LogP contribution < -0.4 is 5.73 Å². The average molecular weight is 339 g/mol. The van der Waals surface area contributed by atoms with Crippen LogP contribution in [0.4, 0.5) is 5.69 Å². The predicted molar refractivity (Wildman–Crippen MR) is 79.5 cm³/mol. The molecule has 1 aromatic heterocycles. The summed E-state index contributed by atoms with van der Waals surface area (Å²) < 4.78 is 2.65. The predicted octanol–water partition coefficient (Wildman–Crippen LogP) is 2.49. The molecule has 106 valence electrons. The maximum atomic E-state index is 10.7. The molecule has 2 aromatic rings. The Hall–Kier alpha value is -1.73. The van der Waals surface area contributed by atoms with Gasteiger partial charge in [-0.15, -0.1) is 0 Å². The van der Waals surface area contributed by atoms with Gasteiger partial charge in [-0.05, 0) is 18.6 Å². The highest BCUT2D eigenvalue weighted by Crippen LogP contribution is 2.23. The van der Waals surface area contributed by atoms with E-state index in [9.17, 15) is 10.1 Å². The molecule has 0 aliphatic rings. The third-order valence-corrected chi connectivity index (χ3v) is 3.56. The lowest BCUT2D eigenvalue weighted by atomic mass is 10.2. The number of nitrogens with two attached hydrogens (primary N) is 1. The number of imidazole rings is 1. The lowest BCUT2D eigenvalue weighted by Crippen LogP contribution is -2.17. The molecule has 2 rings (SSSR count). The Morgan fingerprint density at radius 2 is 2.30 bits per heavy atom. The number of hydrogen-bond donors (Lipinski definition) is 1. The Morgan fingerprint density at radius 1 is 1.55 bits per heavy atom. The zero-order valence-electron chi connectivity index (χ0n) is 11.0. The van der Waals surface area contributed by atoms with Crippen LogP contribution >= 0.6 is 15.9 Å². The Morgan fingerprint density at radius 3 is 2.90 bits per heavy atom. The Bertz CT molecular complexity index is 625. The van der Waals surface area contributed by atoms with Crippen molar-refractivity contribution >= 4 is 21.6 Å². The van der Waals surface area contributed by atoms with Crippen molar-refractivity contribution in [2.24, 2.45) is 5.73 Å². The van der Waals surface area contributed by atoms with Crippen LogP contribution in [0, 0.1) is 10.1 Å². The molecule has 0 aliphatic carbocycles. The Balaban J connectivity index is 2.13. The molecule has 0 amide bonds. The fourth-order valence-electron chi connectivity index (χ4n) is 1.90. The van der Waals surface area contributed by atoms with Gasteiger partial charge < -0.3 is 10.3 Å². The van der Waals surface area contributed by atoms with Gasteiger partial charge in [0.15, 0.2) is 0 Å². The molecule has 0 fully saturated rings. The standard InChI is InChI=1S/C13H15BrN4O2/c1-9(15)4-11-7-17(8-16-11)6-10-2-3-12(18(19)20)5-13(10)14/h2-3,5,7-9H,4,6,15H2,1H3. The summed E-state index contributed by atoms with van der Waals surface area (Å²) in [5, 5.41) is 10.7. The van der Waals surface area contributed by atoms with Crippen molar-refractivity contribution in [1.29, 1.82) is 0 Å². The zero-order valence-corrected chi connectivity index (χ0v) is 12.6. The van der Waals surface area contributed by atoms with Crippen LogP contribution in [0.2, 0.25) is 0 Å². The van der Waals surface area contributed by atoms with E-state index in [0.29, 0.717) is 11.0 Å². The third kappa shape index (κ3) is 3.64. The van der Waals surface area contributed by atoms with E-state index >= 15 is 0 Å².